The zero-order valence-electron chi connectivity index (χ0n) is 16.7. The van der Waals surface area contributed by atoms with Gasteiger partial charge in [-0.25, -0.2) is 4.68 Å². The zero-order chi connectivity index (χ0) is 20.8. The van der Waals surface area contributed by atoms with Crippen molar-refractivity contribution < 1.29 is 14.3 Å². The van der Waals surface area contributed by atoms with Crippen LogP contribution in [0.3, 0.4) is 0 Å². The first-order valence-electron chi connectivity index (χ1n) is 9.36. The molecule has 2 aromatic carbocycles. The summed E-state index contributed by atoms with van der Waals surface area (Å²) >= 11 is 0. The van der Waals surface area contributed by atoms with E-state index < -0.39 is 0 Å². The Balaban J connectivity index is 1.79. The number of aryl methyl sites for hydroxylation is 1. The highest BCUT2D eigenvalue weighted by Crippen LogP contribution is 2.20. The van der Waals surface area contributed by atoms with Gasteiger partial charge in [-0.2, -0.15) is 5.10 Å². The van der Waals surface area contributed by atoms with Crippen LogP contribution in [0.4, 0.5) is 11.4 Å². The molecule has 2 N–H and O–H groups in total. The van der Waals surface area contributed by atoms with Crippen molar-refractivity contribution in [3.05, 3.63) is 71.5 Å². The molecule has 3 rings (SSSR count). The van der Waals surface area contributed by atoms with E-state index in [1.165, 1.54) is 7.11 Å². The second-order valence-corrected chi connectivity index (χ2v) is 6.62. The van der Waals surface area contributed by atoms with Crippen molar-refractivity contribution in [2.24, 2.45) is 0 Å². The lowest BCUT2D eigenvalue weighted by atomic mass is 10.1. The maximum Gasteiger partial charge on any atom is 0.259 e. The molecule has 0 spiro atoms. The highest BCUT2D eigenvalue weighted by molar-refractivity contribution is 6.05. The Morgan fingerprint density at radius 3 is 2.41 bits per heavy atom. The van der Waals surface area contributed by atoms with Crippen molar-refractivity contribution in [3.8, 4) is 5.69 Å². The minimum absolute atomic E-state index is 0.0331. The smallest absolute Gasteiger partial charge is 0.259 e. The molecule has 7 nitrogen and oxygen atoms in total. The maximum absolute atomic E-state index is 12.9. The van der Waals surface area contributed by atoms with Crippen molar-refractivity contribution in [1.29, 1.82) is 0 Å². The molecule has 0 atom stereocenters. The number of nitrogens with zero attached hydrogens (tertiary/aromatic N) is 2. The summed E-state index contributed by atoms with van der Waals surface area (Å²) in [5.74, 6) is -0.510. The maximum atomic E-state index is 12.9. The molecular formula is C22H24N4O3. The average Bonchev–Trinajstić information content (AvgIpc) is 3.13. The number of anilines is 2. The van der Waals surface area contributed by atoms with Gasteiger partial charge in [0.15, 0.2) is 0 Å². The molecule has 1 aromatic heterocycles. The standard InChI is InChI=1S/C22H24N4O3/c1-4-20-19(13-23-26(20)18-10-8-15(2)9-11-18)22(28)25-17-7-5-6-16(12-17)24-21(27)14-29-3/h5-13H,4,14H2,1-3H3,(H,24,27)(H,25,28). The third kappa shape index (κ3) is 4.89. The third-order valence-corrected chi connectivity index (χ3v) is 4.41. The van der Waals surface area contributed by atoms with E-state index in [9.17, 15) is 9.59 Å². The van der Waals surface area contributed by atoms with Crippen LogP contribution in [0, 0.1) is 6.92 Å². The first kappa shape index (κ1) is 20.3. The van der Waals surface area contributed by atoms with Crippen molar-refractivity contribution in [2.45, 2.75) is 20.3 Å². The Bertz CT molecular complexity index is 1010. The molecule has 29 heavy (non-hydrogen) atoms. The van der Waals surface area contributed by atoms with Gasteiger partial charge in [-0.3, -0.25) is 9.59 Å². The van der Waals surface area contributed by atoms with Crippen LogP contribution in [-0.4, -0.2) is 35.3 Å². The lowest BCUT2D eigenvalue weighted by molar-refractivity contribution is -0.119. The van der Waals surface area contributed by atoms with Crippen LogP contribution in [0.15, 0.2) is 54.7 Å². The van der Waals surface area contributed by atoms with Crippen LogP contribution in [0.2, 0.25) is 0 Å². The van der Waals surface area contributed by atoms with Gasteiger partial charge in [0.25, 0.3) is 5.91 Å². The largest absolute Gasteiger partial charge is 0.375 e. The molecular weight excluding hydrogens is 368 g/mol. The number of rotatable bonds is 7. The summed E-state index contributed by atoms with van der Waals surface area (Å²) in [6, 6.07) is 15.0. The van der Waals surface area contributed by atoms with Crippen molar-refractivity contribution >= 4 is 23.2 Å². The van der Waals surface area contributed by atoms with Gasteiger partial charge < -0.3 is 15.4 Å². The molecule has 7 heteroatoms. The molecule has 0 bridgehead atoms. The first-order chi connectivity index (χ1) is 14.0. The minimum Gasteiger partial charge on any atom is -0.375 e. The predicted octanol–water partition coefficient (Wildman–Crippen LogP) is 3.58. The van der Waals surface area contributed by atoms with Crippen LogP contribution < -0.4 is 10.6 Å². The van der Waals surface area contributed by atoms with E-state index in [0.29, 0.717) is 23.4 Å². The summed E-state index contributed by atoms with van der Waals surface area (Å²) in [6.07, 6.45) is 2.24. The SMILES string of the molecule is CCc1c(C(=O)Nc2cccc(NC(=O)COC)c2)cnn1-c1ccc(C)cc1. The van der Waals surface area contributed by atoms with E-state index in [-0.39, 0.29) is 18.4 Å². The molecule has 1 heterocycles. The predicted molar refractivity (Wildman–Crippen MR) is 113 cm³/mol. The lowest BCUT2D eigenvalue weighted by Gasteiger charge is -2.10. The Morgan fingerprint density at radius 1 is 1.07 bits per heavy atom. The Labute approximate surface area is 169 Å². The number of ether oxygens (including phenoxy) is 1. The fourth-order valence-corrected chi connectivity index (χ4v) is 3.01. The monoisotopic (exact) mass is 392 g/mol. The average molecular weight is 392 g/mol. The highest BCUT2D eigenvalue weighted by Gasteiger charge is 2.17. The zero-order valence-corrected chi connectivity index (χ0v) is 16.7. The molecule has 2 amide bonds. The van der Waals surface area contributed by atoms with E-state index in [1.54, 1.807) is 35.1 Å². The molecule has 0 aliphatic heterocycles. The van der Waals surface area contributed by atoms with Crippen LogP contribution >= 0.6 is 0 Å². The topological polar surface area (TPSA) is 85.2 Å². The van der Waals surface area contributed by atoms with Crippen LogP contribution in [0.25, 0.3) is 5.69 Å². The number of carbonyl (C=O) groups excluding carboxylic acids is 2. The molecule has 0 saturated heterocycles. The number of hydrogen-bond donors (Lipinski definition) is 2. The number of amides is 2. The molecule has 0 fully saturated rings. The third-order valence-electron chi connectivity index (χ3n) is 4.41. The summed E-state index contributed by atoms with van der Waals surface area (Å²) in [4.78, 5) is 24.5. The summed E-state index contributed by atoms with van der Waals surface area (Å²) in [5, 5.41) is 10.0. The van der Waals surface area contributed by atoms with Gasteiger partial charge in [-0.15, -0.1) is 0 Å². The van der Waals surface area contributed by atoms with Gasteiger partial charge in [-0.05, 0) is 43.7 Å². The molecule has 0 unspecified atom stereocenters. The Morgan fingerprint density at radius 2 is 1.76 bits per heavy atom. The summed E-state index contributed by atoms with van der Waals surface area (Å²) < 4.78 is 6.60. The van der Waals surface area contributed by atoms with E-state index in [4.69, 9.17) is 4.74 Å². The Hall–Kier alpha value is -3.45. The first-order valence-corrected chi connectivity index (χ1v) is 9.36. The highest BCUT2D eigenvalue weighted by atomic mass is 16.5. The Kier molecular flexibility index (Phi) is 6.41. The number of nitrogens with one attached hydrogen (secondary N) is 2. The quantitative estimate of drug-likeness (QED) is 0.644. The minimum atomic E-state index is -0.261. The molecule has 3 aromatic rings. The molecule has 0 radical (unpaired) electrons. The van der Waals surface area contributed by atoms with Crippen molar-refractivity contribution in [2.75, 3.05) is 24.4 Å². The van der Waals surface area contributed by atoms with Crippen LogP contribution in [-0.2, 0) is 16.0 Å². The number of aromatic nitrogens is 2. The molecule has 0 aliphatic carbocycles. The van der Waals surface area contributed by atoms with E-state index >= 15 is 0 Å². The normalized spacial score (nSPS) is 10.6. The van der Waals surface area contributed by atoms with Gasteiger partial charge in [0.1, 0.15) is 6.61 Å². The van der Waals surface area contributed by atoms with Gasteiger partial charge in [0, 0.05) is 18.5 Å². The van der Waals surface area contributed by atoms with E-state index in [0.717, 1.165) is 16.9 Å². The second-order valence-electron chi connectivity index (χ2n) is 6.62. The summed E-state index contributed by atoms with van der Waals surface area (Å²) in [7, 11) is 1.46. The van der Waals surface area contributed by atoms with Crippen LogP contribution in [0.1, 0.15) is 28.5 Å². The van der Waals surface area contributed by atoms with Gasteiger partial charge >= 0.3 is 0 Å². The second kappa shape index (κ2) is 9.16. The number of benzene rings is 2. The summed E-state index contributed by atoms with van der Waals surface area (Å²) in [6.45, 7) is 3.98. The number of methoxy groups -OCH3 is 1. The fourth-order valence-electron chi connectivity index (χ4n) is 3.01. The lowest BCUT2D eigenvalue weighted by Crippen LogP contribution is -2.17. The van der Waals surface area contributed by atoms with Gasteiger partial charge in [0.05, 0.1) is 23.1 Å². The molecule has 150 valence electrons. The number of hydrogen-bond acceptors (Lipinski definition) is 4. The van der Waals surface area contributed by atoms with Gasteiger partial charge in [0.2, 0.25) is 5.91 Å². The van der Waals surface area contributed by atoms with Crippen molar-refractivity contribution in [1.82, 2.24) is 9.78 Å². The van der Waals surface area contributed by atoms with Gasteiger partial charge in [-0.1, -0.05) is 30.7 Å². The molecule has 0 saturated carbocycles. The van der Waals surface area contributed by atoms with E-state index in [1.807, 2.05) is 38.1 Å². The summed E-state index contributed by atoms with van der Waals surface area (Å²) in [5.41, 5.74) is 4.58. The fraction of sp³-hybridized carbons (Fsp3) is 0.227. The van der Waals surface area contributed by atoms with Crippen LogP contribution in [0.5, 0.6) is 0 Å². The molecule has 0 aliphatic rings. The number of carbonyl (C=O) groups is 2. The van der Waals surface area contributed by atoms with E-state index in [2.05, 4.69) is 15.7 Å². The van der Waals surface area contributed by atoms with Crippen molar-refractivity contribution in [3.63, 3.8) is 0 Å².